The van der Waals surface area contributed by atoms with Crippen molar-refractivity contribution in [1.29, 1.82) is 0 Å². The molecule has 19 heteroatoms. The number of hydrogen-bond donors (Lipinski definition) is 3. The summed E-state index contributed by atoms with van der Waals surface area (Å²) in [7, 11) is -9.89. The Bertz CT molecular complexity index is 1700. The van der Waals surface area contributed by atoms with Crippen LogP contribution in [0.1, 0.15) is 331 Å². The molecule has 0 saturated carbocycles. The molecule has 0 aromatic rings. The maximum absolute atomic E-state index is 13.0. The van der Waals surface area contributed by atoms with Crippen LogP contribution in [-0.4, -0.2) is 96.7 Å². The molecule has 0 aromatic heterocycles. The molecule has 3 unspecified atom stereocenters. The van der Waals surface area contributed by atoms with Crippen LogP contribution in [0, 0.1) is 17.8 Å². The molecule has 0 aliphatic heterocycles. The minimum atomic E-state index is -4.95. The van der Waals surface area contributed by atoms with E-state index in [-0.39, 0.29) is 25.7 Å². The monoisotopic (exact) mass is 1270 g/mol. The number of esters is 4. The Morgan fingerprint density at radius 2 is 0.593 bits per heavy atom. The van der Waals surface area contributed by atoms with Crippen molar-refractivity contribution in [1.82, 2.24) is 0 Å². The van der Waals surface area contributed by atoms with E-state index in [0.717, 1.165) is 108 Å². The number of aliphatic hydroxyl groups is 1. The lowest BCUT2D eigenvalue weighted by molar-refractivity contribution is -0.161. The van der Waals surface area contributed by atoms with Crippen molar-refractivity contribution < 1.29 is 80.2 Å². The van der Waals surface area contributed by atoms with E-state index in [1.807, 2.05) is 0 Å². The predicted molar refractivity (Wildman–Crippen MR) is 344 cm³/mol. The van der Waals surface area contributed by atoms with Gasteiger partial charge in [-0.2, -0.15) is 0 Å². The first-order chi connectivity index (χ1) is 41.3. The fourth-order valence-electron chi connectivity index (χ4n) is 9.98. The van der Waals surface area contributed by atoms with Crippen LogP contribution in [0.3, 0.4) is 0 Å². The van der Waals surface area contributed by atoms with Gasteiger partial charge in [-0.15, -0.1) is 0 Å². The zero-order chi connectivity index (χ0) is 63.8. The van der Waals surface area contributed by atoms with E-state index in [1.165, 1.54) is 135 Å². The number of aliphatic hydroxyl groups excluding tert-OH is 1. The molecule has 6 atom stereocenters. The Labute approximate surface area is 524 Å². The molecule has 0 rings (SSSR count). The van der Waals surface area contributed by atoms with Crippen molar-refractivity contribution in [2.24, 2.45) is 17.8 Å². The van der Waals surface area contributed by atoms with Gasteiger partial charge in [0.15, 0.2) is 12.2 Å². The molecule has 0 radical (unpaired) electrons. The Morgan fingerprint density at radius 1 is 0.337 bits per heavy atom. The van der Waals surface area contributed by atoms with Gasteiger partial charge in [-0.1, -0.05) is 280 Å². The van der Waals surface area contributed by atoms with Crippen molar-refractivity contribution in [2.45, 2.75) is 349 Å². The van der Waals surface area contributed by atoms with Crippen molar-refractivity contribution in [3.8, 4) is 0 Å². The Balaban J connectivity index is 5.16. The second kappa shape index (κ2) is 58.2. The lowest BCUT2D eigenvalue weighted by Crippen LogP contribution is -2.30. The molecule has 0 spiro atoms. The van der Waals surface area contributed by atoms with Gasteiger partial charge in [0.05, 0.1) is 26.4 Å². The summed E-state index contributed by atoms with van der Waals surface area (Å²) >= 11 is 0. The highest BCUT2D eigenvalue weighted by molar-refractivity contribution is 7.47. The number of carbonyl (C=O) groups excluding carboxylic acids is 4. The fourth-order valence-corrected chi connectivity index (χ4v) is 11.6. The number of carbonyl (C=O) groups is 4. The highest BCUT2D eigenvalue weighted by atomic mass is 31.2. The van der Waals surface area contributed by atoms with E-state index >= 15 is 0 Å². The molecule has 0 bridgehead atoms. The summed E-state index contributed by atoms with van der Waals surface area (Å²) in [5.41, 5.74) is 0. The van der Waals surface area contributed by atoms with E-state index in [4.69, 9.17) is 37.0 Å². The third-order valence-electron chi connectivity index (χ3n) is 15.7. The standard InChI is InChI=1S/C67H130O17P2/c1-8-10-11-31-41-48-64(69)77-54-62(83-67(72)51-44-37-30-24-26-33-39-46-59(5)6)56-81-85(73,74)79-52-61(68)53-80-86(75,76)82-57-63(55-78-65(70)49-42-35-28-22-19-18-20-25-32-38-45-58(3)4)84-66(71)50-43-36-29-23-17-15-13-12-14-16-21-27-34-40-47-60(7)9-2/h58-63,68H,8-57H2,1-7H3,(H,73,74)(H,75,76)/t60?,61-,62+,63+/m0/s1. The number of phosphoric acid groups is 2. The Kier molecular flexibility index (Phi) is 56.9. The van der Waals surface area contributed by atoms with Crippen molar-refractivity contribution in [3.63, 3.8) is 0 Å². The van der Waals surface area contributed by atoms with Crippen LogP contribution in [0.5, 0.6) is 0 Å². The van der Waals surface area contributed by atoms with E-state index in [1.54, 1.807) is 0 Å². The lowest BCUT2D eigenvalue weighted by atomic mass is 9.99. The highest BCUT2D eigenvalue weighted by Crippen LogP contribution is 2.45. The van der Waals surface area contributed by atoms with Gasteiger partial charge < -0.3 is 33.8 Å². The molecule has 0 aliphatic carbocycles. The van der Waals surface area contributed by atoms with Gasteiger partial charge >= 0.3 is 39.5 Å². The molecular weight excluding hydrogens is 1140 g/mol. The summed E-state index contributed by atoms with van der Waals surface area (Å²) in [5, 5.41) is 10.5. The summed E-state index contributed by atoms with van der Waals surface area (Å²) in [6, 6.07) is 0. The summed E-state index contributed by atoms with van der Waals surface area (Å²) in [4.78, 5) is 72.1. The van der Waals surface area contributed by atoms with Crippen molar-refractivity contribution >= 4 is 39.5 Å². The van der Waals surface area contributed by atoms with Gasteiger partial charge in [0.1, 0.15) is 19.3 Å². The van der Waals surface area contributed by atoms with Gasteiger partial charge in [0, 0.05) is 25.7 Å². The van der Waals surface area contributed by atoms with Crippen LogP contribution in [0.15, 0.2) is 0 Å². The SMILES string of the molecule is CCCCCCCC(=O)OC[C@H](COP(=O)(O)OC[C@H](O)COP(=O)(O)OC[C@@H](COC(=O)CCCCCCCCCCCCC(C)C)OC(=O)CCCCCCCCCCCCCCCCC(C)CC)OC(=O)CCCCCCCCCC(C)C. The van der Waals surface area contributed by atoms with Crippen LogP contribution < -0.4 is 0 Å². The molecule has 0 aromatic carbocycles. The lowest BCUT2D eigenvalue weighted by Gasteiger charge is -2.21. The number of ether oxygens (including phenoxy) is 4. The smallest absolute Gasteiger partial charge is 0.462 e. The minimum Gasteiger partial charge on any atom is -0.462 e. The maximum atomic E-state index is 13.0. The molecule has 0 fully saturated rings. The molecule has 510 valence electrons. The van der Waals surface area contributed by atoms with Crippen LogP contribution in [0.2, 0.25) is 0 Å². The van der Waals surface area contributed by atoms with Crippen LogP contribution in [-0.2, 0) is 65.4 Å². The predicted octanol–water partition coefficient (Wildman–Crippen LogP) is 18.7. The topological polar surface area (TPSA) is 237 Å². The minimum absolute atomic E-state index is 0.102. The van der Waals surface area contributed by atoms with E-state index < -0.39 is 97.5 Å². The Morgan fingerprint density at radius 3 is 0.884 bits per heavy atom. The van der Waals surface area contributed by atoms with Gasteiger partial charge in [-0.05, 0) is 43.4 Å². The largest absolute Gasteiger partial charge is 0.472 e. The summed E-state index contributed by atoms with van der Waals surface area (Å²) in [6.07, 6.45) is 40.7. The molecule has 3 N–H and O–H groups in total. The fraction of sp³-hybridized carbons (Fsp3) is 0.940. The average Bonchev–Trinajstić information content (AvgIpc) is 3.68. The summed E-state index contributed by atoms with van der Waals surface area (Å²) < 4.78 is 67.9. The Hall–Kier alpha value is -1.94. The first-order valence-electron chi connectivity index (χ1n) is 34.9. The summed E-state index contributed by atoms with van der Waals surface area (Å²) in [6.45, 7) is 11.7. The number of rotatable bonds is 65. The van der Waals surface area contributed by atoms with Crippen LogP contribution in [0.25, 0.3) is 0 Å². The molecule has 0 amide bonds. The number of phosphoric ester groups is 2. The number of unbranched alkanes of at least 4 members (excludes halogenated alkanes) is 32. The first kappa shape index (κ1) is 84.1. The zero-order valence-electron chi connectivity index (χ0n) is 55.8. The van der Waals surface area contributed by atoms with Crippen molar-refractivity contribution in [3.05, 3.63) is 0 Å². The molecule has 0 aliphatic rings. The third-order valence-corrected chi connectivity index (χ3v) is 17.6. The second-order valence-electron chi connectivity index (χ2n) is 25.4. The normalized spacial score (nSPS) is 14.6. The van der Waals surface area contributed by atoms with Gasteiger partial charge in [-0.3, -0.25) is 37.3 Å². The zero-order valence-corrected chi connectivity index (χ0v) is 57.6. The van der Waals surface area contributed by atoms with Crippen LogP contribution in [0.4, 0.5) is 0 Å². The molecule has 0 heterocycles. The van der Waals surface area contributed by atoms with E-state index in [9.17, 15) is 43.2 Å². The number of hydrogen-bond acceptors (Lipinski definition) is 15. The highest BCUT2D eigenvalue weighted by Gasteiger charge is 2.30. The van der Waals surface area contributed by atoms with Crippen LogP contribution >= 0.6 is 15.6 Å². The van der Waals surface area contributed by atoms with Crippen molar-refractivity contribution in [2.75, 3.05) is 39.6 Å². The first-order valence-corrected chi connectivity index (χ1v) is 37.9. The maximum Gasteiger partial charge on any atom is 0.472 e. The third kappa shape index (κ3) is 59.7. The van der Waals surface area contributed by atoms with Gasteiger partial charge in [-0.25, -0.2) is 9.13 Å². The average molecular weight is 1270 g/mol. The summed E-state index contributed by atoms with van der Waals surface area (Å²) in [5.74, 6) is 0.157. The molecular formula is C67H130O17P2. The second-order valence-corrected chi connectivity index (χ2v) is 28.3. The molecule has 17 nitrogen and oxygen atoms in total. The quantitative estimate of drug-likeness (QED) is 0.0222. The molecule has 86 heavy (non-hydrogen) atoms. The van der Waals surface area contributed by atoms with E-state index in [2.05, 4.69) is 48.5 Å². The van der Waals surface area contributed by atoms with E-state index in [0.29, 0.717) is 31.6 Å². The molecule has 0 saturated heterocycles. The van der Waals surface area contributed by atoms with Gasteiger partial charge in [0.25, 0.3) is 0 Å². The van der Waals surface area contributed by atoms with Gasteiger partial charge in [0.2, 0.25) is 0 Å².